The Morgan fingerprint density at radius 3 is 2.75 bits per heavy atom. The van der Waals surface area contributed by atoms with Gasteiger partial charge in [-0.3, -0.25) is 4.98 Å². The Labute approximate surface area is 166 Å². The van der Waals surface area contributed by atoms with Gasteiger partial charge in [-0.15, -0.1) is 0 Å². The highest BCUT2D eigenvalue weighted by atomic mass is 16.2. The molecule has 7 heteroatoms. The average molecular weight is 380 g/mol. The molecule has 0 unspecified atom stereocenters. The van der Waals surface area contributed by atoms with Crippen molar-refractivity contribution in [1.29, 1.82) is 0 Å². The highest BCUT2D eigenvalue weighted by molar-refractivity contribution is 5.89. The van der Waals surface area contributed by atoms with Crippen molar-refractivity contribution in [3.05, 3.63) is 59.9 Å². The Kier molecular flexibility index (Phi) is 7.23. The van der Waals surface area contributed by atoms with Crippen LogP contribution >= 0.6 is 0 Å². The number of carbonyl (C=O) groups is 1. The molecule has 7 nitrogen and oxygen atoms in total. The fourth-order valence-corrected chi connectivity index (χ4v) is 3.06. The number of hydrogen-bond donors (Lipinski definition) is 3. The van der Waals surface area contributed by atoms with Crippen LogP contribution in [0.1, 0.15) is 31.0 Å². The summed E-state index contributed by atoms with van der Waals surface area (Å²) in [6.07, 6.45) is 3.95. The Morgan fingerprint density at radius 2 is 2.00 bits per heavy atom. The molecule has 2 aromatic rings. The van der Waals surface area contributed by atoms with Crippen LogP contribution in [-0.2, 0) is 13.1 Å². The van der Waals surface area contributed by atoms with Gasteiger partial charge < -0.3 is 20.9 Å². The number of guanidine groups is 1. The lowest BCUT2D eigenvalue weighted by molar-refractivity contribution is 0.222. The zero-order valence-electron chi connectivity index (χ0n) is 16.3. The summed E-state index contributed by atoms with van der Waals surface area (Å²) >= 11 is 0. The van der Waals surface area contributed by atoms with Crippen molar-refractivity contribution in [3.63, 3.8) is 0 Å². The number of urea groups is 1. The van der Waals surface area contributed by atoms with E-state index in [-0.39, 0.29) is 6.03 Å². The minimum Gasteiger partial charge on any atom is -0.357 e. The summed E-state index contributed by atoms with van der Waals surface area (Å²) in [5, 5.41) is 9.52. The number of carbonyl (C=O) groups excluding carboxylic acids is 1. The zero-order valence-corrected chi connectivity index (χ0v) is 16.3. The number of anilines is 1. The number of aromatic nitrogens is 1. The number of benzene rings is 1. The number of nitrogens with zero attached hydrogens (tertiary/aromatic N) is 3. The number of hydrogen-bond acceptors (Lipinski definition) is 3. The lowest BCUT2D eigenvalue weighted by Gasteiger charge is -2.16. The third-order valence-corrected chi connectivity index (χ3v) is 4.50. The van der Waals surface area contributed by atoms with Crippen molar-refractivity contribution in [2.75, 3.05) is 25.0 Å². The van der Waals surface area contributed by atoms with Gasteiger partial charge in [-0.05, 0) is 49.6 Å². The molecule has 28 heavy (non-hydrogen) atoms. The van der Waals surface area contributed by atoms with Gasteiger partial charge in [0, 0.05) is 31.5 Å². The van der Waals surface area contributed by atoms with Gasteiger partial charge in [0.05, 0.1) is 18.8 Å². The number of aliphatic imine (C=N–C) groups is 1. The van der Waals surface area contributed by atoms with E-state index in [2.05, 4.69) is 25.9 Å². The molecular formula is C21H28N6O. The molecule has 0 spiro atoms. The summed E-state index contributed by atoms with van der Waals surface area (Å²) in [6, 6.07) is 13.7. The second-order valence-corrected chi connectivity index (χ2v) is 6.69. The monoisotopic (exact) mass is 380 g/mol. The van der Waals surface area contributed by atoms with Crippen molar-refractivity contribution in [3.8, 4) is 0 Å². The van der Waals surface area contributed by atoms with E-state index in [1.165, 1.54) is 0 Å². The van der Waals surface area contributed by atoms with Crippen molar-refractivity contribution in [2.45, 2.75) is 32.9 Å². The smallest absolute Gasteiger partial charge is 0.321 e. The van der Waals surface area contributed by atoms with Gasteiger partial charge >= 0.3 is 6.03 Å². The van der Waals surface area contributed by atoms with Crippen LogP contribution in [0.3, 0.4) is 0 Å². The molecule has 3 rings (SSSR count). The second kappa shape index (κ2) is 10.3. The normalized spacial score (nSPS) is 14.0. The molecule has 0 bridgehead atoms. The van der Waals surface area contributed by atoms with E-state index in [1.54, 1.807) is 6.20 Å². The molecule has 2 heterocycles. The summed E-state index contributed by atoms with van der Waals surface area (Å²) < 4.78 is 0. The maximum absolute atomic E-state index is 12.3. The van der Waals surface area contributed by atoms with Gasteiger partial charge in [-0.25, -0.2) is 9.79 Å². The van der Waals surface area contributed by atoms with E-state index < -0.39 is 0 Å². The molecule has 1 fully saturated rings. The van der Waals surface area contributed by atoms with E-state index in [0.717, 1.165) is 55.4 Å². The van der Waals surface area contributed by atoms with Crippen LogP contribution in [0.25, 0.3) is 0 Å². The number of likely N-dealkylation sites (tertiary alicyclic amines) is 1. The molecule has 0 radical (unpaired) electrons. The minimum atomic E-state index is -0.0245. The molecule has 1 aliphatic rings. The molecule has 1 aromatic carbocycles. The molecule has 0 saturated carbocycles. The van der Waals surface area contributed by atoms with E-state index in [9.17, 15) is 4.79 Å². The van der Waals surface area contributed by atoms with Gasteiger partial charge in [-0.2, -0.15) is 0 Å². The van der Waals surface area contributed by atoms with Crippen LogP contribution in [0, 0.1) is 0 Å². The third kappa shape index (κ3) is 5.97. The van der Waals surface area contributed by atoms with Crippen molar-refractivity contribution in [2.24, 2.45) is 4.99 Å². The largest absolute Gasteiger partial charge is 0.357 e. The molecule has 2 amide bonds. The second-order valence-electron chi connectivity index (χ2n) is 6.69. The molecule has 3 N–H and O–H groups in total. The SMILES string of the molecule is CCNC(=NCc1cccc(NC(=O)N2CCCC2)c1)NCc1ccccn1. The van der Waals surface area contributed by atoms with Gasteiger partial charge in [0.1, 0.15) is 0 Å². The van der Waals surface area contributed by atoms with Crippen LogP contribution in [0.4, 0.5) is 10.5 Å². The maximum atomic E-state index is 12.3. The standard InChI is InChI=1S/C21H28N6O/c1-2-22-20(25-16-19-9-3-4-11-23-19)24-15-17-8-7-10-18(14-17)26-21(28)27-12-5-6-13-27/h3-4,7-11,14H,2,5-6,12-13,15-16H2,1H3,(H,26,28)(H2,22,24,25). The van der Waals surface area contributed by atoms with Gasteiger partial charge in [0.25, 0.3) is 0 Å². The Balaban J connectivity index is 1.58. The van der Waals surface area contributed by atoms with Crippen LogP contribution in [0.5, 0.6) is 0 Å². The Hall–Kier alpha value is -3.09. The summed E-state index contributed by atoms with van der Waals surface area (Å²) in [5.41, 5.74) is 2.80. The fourth-order valence-electron chi connectivity index (χ4n) is 3.06. The molecule has 148 valence electrons. The molecule has 1 saturated heterocycles. The van der Waals surface area contributed by atoms with E-state index in [1.807, 2.05) is 54.3 Å². The number of amides is 2. The third-order valence-electron chi connectivity index (χ3n) is 4.50. The lowest BCUT2D eigenvalue weighted by Crippen LogP contribution is -2.37. The summed E-state index contributed by atoms with van der Waals surface area (Å²) in [5.74, 6) is 0.736. The number of rotatable bonds is 6. The first-order valence-electron chi connectivity index (χ1n) is 9.81. The first kappa shape index (κ1) is 19.7. The number of nitrogens with one attached hydrogen (secondary N) is 3. The Bertz CT molecular complexity index is 786. The van der Waals surface area contributed by atoms with Gasteiger partial charge in [0.15, 0.2) is 5.96 Å². The predicted molar refractivity (Wildman–Crippen MR) is 112 cm³/mol. The molecular weight excluding hydrogens is 352 g/mol. The average Bonchev–Trinajstić information content (AvgIpc) is 3.26. The van der Waals surface area contributed by atoms with Crippen molar-refractivity contribution >= 4 is 17.7 Å². The van der Waals surface area contributed by atoms with Gasteiger partial charge in [0.2, 0.25) is 0 Å². The van der Waals surface area contributed by atoms with Gasteiger partial charge in [-0.1, -0.05) is 18.2 Å². The molecule has 0 aliphatic carbocycles. The highest BCUT2D eigenvalue weighted by Gasteiger charge is 2.17. The molecule has 0 atom stereocenters. The van der Waals surface area contributed by atoms with Crippen molar-refractivity contribution < 1.29 is 4.79 Å². The zero-order chi connectivity index (χ0) is 19.6. The van der Waals surface area contributed by atoms with Crippen LogP contribution in [0.15, 0.2) is 53.7 Å². The van der Waals surface area contributed by atoms with E-state index in [0.29, 0.717) is 13.1 Å². The van der Waals surface area contributed by atoms with Crippen LogP contribution in [-0.4, -0.2) is 41.5 Å². The first-order chi connectivity index (χ1) is 13.7. The fraction of sp³-hybridized carbons (Fsp3) is 0.381. The quantitative estimate of drug-likeness (QED) is 0.532. The summed E-state index contributed by atoms with van der Waals surface area (Å²) in [7, 11) is 0. The maximum Gasteiger partial charge on any atom is 0.321 e. The first-order valence-corrected chi connectivity index (χ1v) is 9.81. The highest BCUT2D eigenvalue weighted by Crippen LogP contribution is 2.14. The summed E-state index contributed by atoms with van der Waals surface area (Å²) in [4.78, 5) is 23.1. The summed E-state index contributed by atoms with van der Waals surface area (Å²) in [6.45, 7) is 5.61. The van der Waals surface area contributed by atoms with Crippen LogP contribution < -0.4 is 16.0 Å². The van der Waals surface area contributed by atoms with Crippen molar-refractivity contribution in [1.82, 2.24) is 20.5 Å². The van der Waals surface area contributed by atoms with Crippen LogP contribution in [0.2, 0.25) is 0 Å². The molecule has 1 aromatic heterocycles. The van der Waals surface area contributed by atoms with E-state index in [4.69, 9.17) is 0 Å². The van der Waals surface area contributed by atoms with E-state index >= 15 is 0 Å². The molecule has 1 aliphatic heterocycles. The Morgan fingerprint density at radius 1 is 1.14 bits per heavy atom. The minimum absolute atomic E-state index is 0.0245. The number of pyridine rings is 1. The lowest BCUT2D eigenvalue weighted by atomic mass is 10.2. The predicted octanol–water partition coefficient (Wildman–Crippen LogP) is 2.96. The topological polar surface area (TPSA) is 81.7 Å².